The lowest BCUT2D eigenvalue weighted by atomic mass is 10.00. The average Bonchev–Trinajstić information content (AvgIpc) is 2.61. The molecule has 0 aliphatic heterocycles. The predicted molar refractivity (Wildman–Crippen MR) is 70.7 cm³/mol. The normalized spacial score (nSPS) is 12.8. The van der Waals surface area contributed by atoms with Gasteiger partial charge in [-0.25, -0.2) is 0 Å². The molecule has 0 fully saturated rings. The van der Waals surface area contributed by atoms with E-state index in [0.717, 1.165) is 22.6 Å². The zero-order valence-electron chi connectivity index (χ0n) is 9.63. The Morgan fingerprint density at radius 1 is 1.18 bits per heavy atom. The van der Waals surface area contributed by atoms with E-state index in [1.807, 2.05) is 32.0 Å². The number of hydrogen-bond donors (Lipinski definition) is 1. The van der Waals surface area contributed by atoms with E-state index in [9.17, 15) is 0 Å². The summed E-state index contributed by atoms with van der Waals surface area (Å²) in [7, 11) is 0. The first-order valence-electron chi connectivity index (χ1n) is 5.27. The molecular weight excluding hydrogens is 257 g/mol. The van der Waals surface area contributed by atoms with Crippen LogP contribution < -0.4 is 5.73 Å². The van der Waals surface area contributed by atoms with Crippen molar-refractivity contribution in [2.75, 3.05) is 0 Å². The van der Waals surface area contributed by atoms with Gasteiger partial charge in [0.1, 0.15) is 11.5 Å². The minimum atomic E-state index is -0.321. The molecule has 2 rings (SSSR count). The smallest absolute Gasteiger partial charge is 0.106 e. The lowest BCUT2D eigenvalue weighted by Crippen LogP contribution is -2.12. The Hall–Kier alpha value is -0.960. The van der Waals surface area contributed by atoms with Crippen molar-refractivity contribution >= 4 is 23.2 Å². The number of rotatable bonds is 2. The Kier molecular flexibility index (Phi) is 3.48. The second kappa shape index (κ2) is 4.73. The summed E-state index contributed by atoms with van der Waals surface area (Å²) in [6.45, 7) is 3.78. The SMILES string of the molecule is Cc1cc(C(N)c2cccc(Cl)c2Cl)c(C)o1. The monoisotopic (exact) mass is 269 g/mol. The van der Waals surface area contributed by atoms with E-state index in [2.05, 4.69) is 0 Å². The highest BCUT2D eigenvalue weighted by Crippen LogP contribution is 2.33. The Balaban J connectivity index is 2.47. The number of furan rings is 1. The molecule has 1 aromatic carbocycles. The summed E-state index contributed by atoms with van der Waals surface area (Å²) in [6.07, 6.45) is 0. The van der Waals surface area contributed by atoms with Gasteiger partial charge in [0, 0.05) is 5.56 Å². The molecule has 0 saturated heterocycles. The Morgan fingerprint density at radius 2 is 1.88 bits per heavy atom. The lowest BCUT2D eigenvalue weighted by molar-refractivity contribution is 0.499. The molecule has 17 heavy (non-hydrogen) atoms. The van der Waals surface area contributed by atoms with Gasteiger partial charge < -0.3 is 10.2 Å². The van der Waals surface area contributed by atoms with Crippen LogP contribution in [0.4, 0.5) is 0 Å². The van der Waals surface area contributed by atoms with Gasteiger partial charge in [0.2, 0.25) is 0 Å². The van der Waals surface area contributed by atoms with E-state index >= 15 is 0 Å². The zero-order valence-corrected chi connectivity index (χ0v) is 11.1. The minimum absolute atomic E-state index is 0.321. The molecular formula is C13H13Cl2NO. The molecule has 0 aliphatic carbocycles. The number of halogens is 2. The molecule has 0 spiro atoms. The molecule has 2 aromatic rings. The maximum absolute atomic E-state index is 6.20. The molecule has 0 saturated carbocycles. The van der Waals surface area contributed by atoms with Crippen molar-refractivity contribution in [3.8, 4) is 0 Å². The Morgan fingerprint density at radius 3 is 2.47 bits per heavy atom. The lowest BCUT2D eigenvalue weighted by Gasteiger charge is -2.13. The number of hydrogen-bond acceptors (Lipinski definition) is 2. The fourth-order valence-corrected chi connectivity index (χ4v) is 2.31. The molecule has 90 valence electrons. The fourth-order valence-electron chi connectivity index (χ4n) is 1.89. The molecule has 1 heterocycles. The number of aryl methyl sites for hydroxylation is 2. The van der Waals surface area contributed by atoms with Crippen LogP contribution >= 0.6 is 23.2 Å². The van der Waals surface area contributed by atoms with Crippen molar-refractivity contribution in [2.24, 2.45) is 5.73 Å². The highest BCUT2D eigenvalue weighted by Gasteiger charge is 2.18. The van der Waals surface area contributed by atoms with Gasteiger partial charge in [-0.05, 0) is 31.5 Å². The third-order valence-electron chi connectivity index (χ3n) is 2.73. The maximum atomic E-state index is 6.20. The van der Waals surface area contributed by atoms with Gasteiger partial charge in [0.25, 0.3) is 0 Å². The molecule has 0 amide bonds. The topological polar surface area (TPSA) is 39.2 Å². The first kappa shape index (κ1) is 12.5. The van der Waals surface area contributed by atoms with Gasteiger partial charge in [-0.2, -0.15) is 0 Å². The first-order valence-corrected chi connectivity index (χ1v) is 6.02. The van der Waals surface area contributed by atoms with Crippen LogP contribution in [0.25, 0.3) is 0 Å². The first-order chi connectivity index (χ1) is 8.00. The van der Waals surface area contributed by atoms with Crippen LogP contribution in [0, 0.1) is 13.8 Å². The molecule has 2 N–H and O–H groups in total. The van der Waals surface area contributed by atoms with E-state index in [1.165, 1.54) is 0 Å². The second-order valence-corrected chi connectivity index (χ2v) is 4.77. The molecule has 1 unspecified atom stereocenters. The van der Waals surface area contributed by atoms with Crippen molar-refractivity contribution in [3.05, 3.63) is 57.0 Å². The minimum Gasteiger partial charge on any atom is -0.466 e. The van der Waals surface area contributed by atoms with Crippen LogP contribution in [0.3, 0.4) is 0 Å². The van der Waals surface area contributed by atoms with E-state index in [-0.39, 0.29) is 6.04 Å². The van der Waals surface area contributed by atoms with Crippen molar-refractivity contribution in [3.63, 3.8) is 0 Å². The zero-order chi connectivity index (χ0) is 12.6. The van der Waals surface area contributed by atoms with E-state index in [4.69, 9.17) is 33.4 Å². The molecule has 0 radical (unpaired) electrons. The van der Waals surface area contributed by atoms with Crippen LogP contribution in [0.15, 0.2) is 28.7 Å². The van der Waals surface area contributed by atoms with E-state index < -0.39 is 0 Å². The van der Waals surface area contributed by atoms with Crippen LogP contribution in [0.2, 0.25) is 10.0 Å². The summed E-state index contributed by atoms with van der Waals surface area (Å²) in [5.74, 6) is 1.65. The van der Waals surface area contributed by atoms with Crippen LogP contribution in [0.5, 0.6) is 0 Å². The summed E-state index contributed by atoms with van der Waals surface area (Å²) in [4.78, 5) is 0. The standard InChI is InChI=1S/C13H13Cl2NO/c1-7-6-10(8(2)17-7)13(16)9-4-3-5-11(14)12(9)15/h3-6,13H,16H2,1-2H3. The molecule has 1 atom stereocenters. The van der Waals surface area contributed by atoms with Crippen molar-refractivity contribution in [1.29, 1.82) is 0 Å². The summed E-state index contributed by atoms with van der Waals surface area (Å²) in [5, 5.41) is 1.01. The third-order valence-corrected chi connectivity index (χ3v) is 3.56. The molecule has 0 bridgehead atoms. The van der Waals surface area contributed by atoms with Gasteiger partial charge in [0.05, 0.1) is 16.1 Å². The van der Waals surface area contributed by atoms with Gasteiger partial charge in [-0.1, -0.05) is 35.3 Å². The van der Waals surface area contributed by atoms with Gasteiger partial charge in [0.15, 0.2) is 0 Å². The van der Waals surface area contributed by atoms with Gasteiger partial charge in [-0.3, -0.25) is 0 Å². The van der Waals surface area contributed by atoms with Gasteiger partial charge in [-0.15, -0.1) is 0 Å². The van der Waals surface area contributed by atoms with Crippen LogP contribution in [-0.4, -0.2) is 0 Å². The van der Waals surface area contributed by atoms with Crippen molar-refractivity contribution < 1.29 is 4.42 Å². The molecule has 4 heteroatoms. The Labute approximate surface area is 110 Å². The highest BCUT2D eigenvalue weighted by molar-refractivity contribution is 6.42. The van der Waals surface area contributed by atoms with Crippen LogP contribution in [-0.2, 0) is 0 Å². The van der Waals surface area contributed by atoms with Crippen molar-refractivity contribution in [1.82, 2.24) is 0 Å². The molecule has 1 aromatic heterocycles. The second-order valence-electron chi connectivity index (χ2n) is 3.99. The van der Waals surface area contributed by atoms with Crippen molar-refractivity contribution in [2.45, 2.75) is 19.9 Å². The molecule has 2 nitrogen and oxygen atoms in total. The van der Waals surface area contributed by atoms with Gasteiger partial charge >= 0.3 is 0 Å². The van der Waals surface area contributed by atoms with Crippen LogP contribution in [0.1, 0.15) is 28.7 Å². The predicted octanol–water partition coefficient (Wildman–Crippen LogP) is 4.25. The summed E-state index contributed by atoms with van der Waals surface area (Å²) in [6, 6.07) is 7.07. The number of nitrogens with two attached hydrogens (primary N) is 1. The quantitative estimate of drug-likeness (QED) is 0.885. The average molecular weight is 270 g/mol. The molecule has 0 aliphatic rings. The summed E-state index contributed by atoms with van der Waals surface area (Å²) < 4.78 is 5.47. The largest absolute Gasteiger partial charge is 0.466 e. The maximum Gasteiger partial charge on any atom is 0.106 e. The number of benzene rings is 1. The fraction of sp³-hybridized carbons (Fsp3) is 0.231. The highest BCUT2D eigenvalue weighted by atomic mass is 35.5. The van der Waals surface area contributed by atoms with E-state index in [1.54, 1.807) is 6.07 Å². The third kappa shape index (κ3) is 2.34. The van der Waals surface area contributed by atoms with E-state index in [0.29, 0.717) is 10.0 Å². The summed E-state index contributed by atoms with van der Waals surface area (Å²) in [5.41, 5.74) is 7.94. The summed E-state index contributed by atoms with van der Waals surface area (Å²) >= 11 is 12.1. The Bertz CT molecular complexity index is 548.